The number of H-pyrrole nitrogens is 1. The minimum atomic E-state index is -4.44. The lowest BCUT2D eigenvalue weighted by Crippen LogP contribution is -2.05. The van der Waals surface area contributed by atoms with E-state index in [1.165, 1.54) is 6.20 Å². The largest absolute Gasteiger partial charge is 0.416 e. The molecular weight excluding hydrogens is 281 g/mol. The quantitative estimate of drug-likeness (QED) is 0.756. The molecule has 0 radical (unpaired) electrons. The summed E-state index contributed by atoms with van der Waals surface area (Å²) in [5, 5.41) is 16.4. The number of rotatable bonds is 2. The molecule has 1 aromatic heterocycles. The van der Waals surface area contributed by atoms with Crippen molar-refractivity contribution >= 4 is 10.9 Å². The molecule has 0 fully saturated rings. The van der Waals surface area contributed by atoms with Gasteiger partial charge in [-0.3, -0.25) is 5.10 Å². The van der Waals surface area contributed by atoms with Crippen molar-refractivity contribution in [2.45, 2.75) is 12.8 Å². The predicted octanol–water partition coefficient (Wildman–Crippen LogP) is 3.74. The van der Waals surface area contributed by atoms with Gasteiger partial charge in [0.1, 0.15) is 0 Å². The summed E-state index contributed by atoms with van der Waals surface area (Å²) < 4.78 is 39.0. The van der Waals surface area contributed by atoms with E-state index in [9.17, 15) is 18.3 Å². The molecule has 0 spiro atoms. The van der Waals surface area contributed by atoms with Crippen molar-refractivity contribution in [1.29, 1.82) is 0 Å². The van der Waals surface area contributed by atoms with E-state index in [4.69, 9.17) is 0 Å². The lowest BCUT2D eigenvalue weighted by Gasteiger charge is -2.12. The van der Waals surface area contributed by atoms with Crippen LogP contribution < -0.4 is 0 Å². The number of hydrogen-bond acceptors (Lipinski definition) is 2. The van der Waals surface area contributed by atoms with Crippen LogP contribution in [0.5, 0.6) is 0 Å². The lowest BCUT2D eigenvalue weighted by molar-refractivity contribution is -0.137. The summed E-state index contributed by atoms with van der Waals surface area (Å²) in [6.07, 6.45) is -2.96. The van der Waals surface area contributed by atoms with Gasteiger partial charge in [0.2, 0.25) is 0 Å². The number of nitrogens with zero attached hydrogens (tertiary/aromatic N) is 1. The first-order chi connectivity index (χ1) is 10.0. The van der Waals surface area contributed by atoms with Gasteiger partial charge in [0.15, 0.2) is 0 Å². The Morgan fingerprint density at radius 2 is 1.86 bits per heavy atom. The molecule has 2 aromatic carbocycles. The summed E-state index contributed by atoms with van der Waals surface area (Å²) in [4.78, 5) is 0. The molecule has 0 aliphatic carbocycles. The molecule has 0 amide bonds. The Balaban J connectivity index is 2.33. The predicted molar refractivity (Wildman–Crippen MR) is 72.5 cm³/mol. The third-order valence-corrected chi connectivity index (χ3v) is 3.36. The van der Waals surface area contributed by atoms with Gasteiger partial charge in [-0.15, -0.1) is 0 Å². The fraction of sp³-hybridized carbons (Fsp3) is 0.133. The Kier molecular flexibility index (Phi) is 3.17. The van der Waals surface area contributed by atoms with Crippen LogP contribution >= 0.6 is 0 Å². The van der Waals surface area contributed by atoms with Crippen molar-refractivity contribution in [3.05, 3.63) is 53.7 Å². The van der Waals surface area contributed by atoms with E-state index in [-0.39, 0.29) is 6.61 Å². The molecule has 0 atom stereocenters. The van der Waals surface area contributed by atoms with E-state index in [0.29, 0.717) is 27.6 Å². The average molecular weight is 292 g/mol. The van der Waals surface area contributed by atoms with Crippen LogP contribution in [0, 0.1) is 0 Å². The second-order valence-corrected chi connectivity index (χ2v) is 4.67. The van der Waals surface area contributed by atoms with Crippen LogP contribution in [0.25, 0.3) is 22.0 Å². The molecule has 108 valence electrons. The number of halogens is 3. The van der Waals surface area contributed by atoms with Gasteiger partial charge in [-0.05, 0) is 28.8 Å². The molecule has 0 saturated carbocycles. The third kappa shape index (κ3) is 2.38. The molecule has 1 heterocycles. The van der Waals surface area contributed by atoms with E-state index in [1.807, 2.05) is 0 Å². The zero-order valence-corrected chi connectivity index (χ0v) is 10.8. The maximum Gasteiger partial charge on any atom is 0.416 e. The normalized spacial score (nSPS) is 12.0. The standard InChI is InChI=1S/C15H11F3N2O/c16-15(17,18)10-5-12(13-7-19-20-14(13)6-10)11-4-2-1-3-9(11)8-21/h1-7,21H,8H2,(H,19,20). The fourth-order valence-electron chi connectivity index (χ4n) is 2.36. The van der Waals surface area contributed by atoms with Crippen molar-refractivity contribution in [3.63, 3.8) is 0 Å². The minimum Gasteiger partial charge on any atom is -0.392 e. The van der Waals surface area contributed by atoms with Gasteiger partial charge in [0.25, 0.3) is 0 Å². The van der Waals surface area contributed by atoms with Gasteiger partial charge < -0.3 is 5.11 Å². The maximum absolute atomic E-state index is 13.0. The maximum atomic E-state index is 13.0. The van der Waals surface area contributed by atoms with Crippen molar-refractivity contribution in [2.75, 3.05) is 0 Å². The van der Waals surface area contributed by atoms with Crippen LogP contribution in [0.3, 0.4) is 0 Å². The van der Waals surface area contributed by atoms with Gasteiger partial charge in [-0.2, -0.15) is 18.3 Å². The SMILES string of the molecule is OCc1ccccc1-c1cc(C(F)(F)F)cc2[nH]ncc12. The zero-order valence-electron chi connectivity index (χ0n) is 10.8. The van der Waals surface area contributed by atoms with E-state index in [2.05, 4.69) is 10.2 Å². The zero-order chi connectivity index (χ0) is 15.0. The molecule has 2 N–H and O–H groups in total. The Labute approximate surface area is 118 Å². The van der Waals surface area contributed by atoms with Crippen molar-refractivity contribution in [3.8, 4) is 11.1 Å². The van der Waals surface area contributed by atoms with Gasteiger partial charge >= 0.3 is 6.18 Å². The van der Waals surface area contributed by atoms with Gasteiger partial charge in [-0.25, -0.2) is 0 Å². The number of alkyl halides is 3. The molecule has 0 unspecified atom stereocenters. The molecular formula is C15H11F3N2O. The molecule has 0 bridgehead atoms. The Bertz CT molecular complexity index is 793. The van der Waals surface area contributed by atoms with Crippen LogP contribution in [0.15, 0.2) is 42.6 Å². The second-order valence-electron chi connectivity index (χ2n) is 4.67. The lowest BCUT2D eigenvalue weighted by atomic mass is 9.95. The summed E-state index contributed by atoms with van der Waals surface area (Å²) in [7, 11) is 0. The highest BCUT2D eigenvalue weighted by Crippen LogP contribution is 2.37. The Morgan fingerprint density at radius 1 is 1.10 bits per heavy atom. The molecule has 0 aliphatic heterocycles. The Hall–Kier alpha value is -2.34. The monoisotopic (exact) mass is 292 g/mol. The Morgan fingerprint density at radius 3 is 2.57 bits per heavy atom. The fourth-order valence-corrected chi connectivity index (χ4v) is 2.36. The molecule has 3 rings (SSSR count). The molecule has 3 nitrogen and oxygen atoms in total. The summed E-state index contributed by atoms with van der Waals surface area (Å²) in [6.45, 7) is -0.244. The number of fused-ring (bicyclic) bond motifs is 1. The highest BCUT2D eigenvalue weighted by molar-refractivity contribution is 5.95. The smallest absolute Gasteiger partial charge is 0.392 e. The third-order valence-electron chi connectivity index (χ3n) is 3.36. The summed E-state index contributed by atoms with van der Waals surface area (Å²) in [5.41, 5.74) is 1.10. The number of aliphatic hydroxyl groups is 1. The average Bonchev–Trinajstić information content (AvgIpc) is 2.93. The van der Waals surface area contributed by atoms with Crippen molar-refractivity contribution in [2.24, 2.45) is 0 Å². The van der Waals surface area contributed by atoms with Crippen LogP contribution in [-0.4, -0.2) is 15.3 Å². The molecule has 0 aliphatic rings. The highest BCUT2D eigenvalue weighted by atomic mass is 19.4. The van der Waals surface area contributed by atoms with Crippen LogP contribution in [0.4, 0.5) is 13.2 Å². The van der Waals surface area contributed by atoms with Crippen LogP contribution in [-0.2, 0) is 12.8 Å². The number of aromatic amines is 1. The highest BCUT2D eigenvalue weighted by Gasteiger charge is 2.32. The van der Waals surface area contributed by atoms with Crippen LogP contribution in [0.2, 0.25) is 0 Å². The number of hydrogen-bond donors (Lipinski definition) is 2. The number of nitrogens with one attached hydrogen (secondary N) is 1. The first-order valence-electron chi connectivity index (χ1n) is 6.24. The van der Waals surface area contributed by atoms with E-state index < -0.39 is 11.7 Å². The summed E-state index contributed by atoms with van der Waals surface area (Å²) in [6, 6.07) is 8.95. The van der Waals surface area contributed by atoms with Gasteiger partial charge in [0, 0.05) is 5.39 Å². The molecule has 3 aromatic rings. The van der Waals surface area contributed by atoms with Crippen molar-refractivity contribution < 1.29 is 18.3 Å². The first-order valence-corrected chi connectivity index (χ1v) is 6.24. The van der Waals surface area contributed by atoms with E-state index >= 15 is 0 Å². The van der Waals surface area contributed by atoms with Gasteiger partial charge in [0.05, 0.1) is 23.9 Å². The minimum absolute atomic E-state index is 0.244. The number of aromatic nitrogens is 2. The van der Waals surface area contributed by atoms with Crippen molar-refractivity contribution in [1.82, 2.24) is 10.2 Å². The molecule has 6 heteroatoms. The van der Waals surface area contributed by atoms with Crippen LogP contribution in [0.1, 0.15) is 11.1 Å². The van der Waals surface area contributed by atoms with E-state index in [0.717, 1.165) is 12.1 Å². The molecule has 21 heavy (non-hydrogen) atoms. The second kappa shape index (κ2) is 4.89. The molecule has 0 saturated heterocycles. The van der Waals surface area contributed by atoms with E-state index in [1.54, 1.807) is 24.3 Å². The summed E-state index contributed by atoms with van der Waals surface area (Å²) >= 11 is 0. The number of benzene rings is 2. The summed E-state index contributed by atoms with van der Waals surface area (Å²) in [5.74, 6) is 0. The number of aliphatic hydroxyl groups excluding tert-OH is 1. The van der Waals surface area contributed by atoms with Gasteiger partial charge in [-0.1, -0.05) is 24.3 Å². The topological polar surface area (TPSA) is 48.9 Å². The first kappa shape index (κ1) is 13.6.